The van der Waals surface area contributed by atoms with E-state index < -0.39 is 16.8 Å². The maximum Gasteiger partial charge on any atom is 0.307 e. The number of carboxylic acids is 1. The number of benzene rings is 1. The number of non-ortho nitro benzene ring substituents is 1. The highest BCUT2D eigenvalue weighted by Crippen LogP contribution is 2.22. The van der Waals surface area contributed by atoms with E-state index in [0.29, 0.717) is 25.2 Å². The van der Waals surface area contributed by atoms with Gasteiger partial charge in [0.25, 0.3) is 5.69 Å². The molecule has 1 atom stereocenters. The number of likely N-dealkylation sites (tertiary alicyclic amines) is 1. The number of nitrogens with zero attached hydrogens (tertiary/aromatic N) is 2. The highest BCUT2D eigenvalue weighted by molar-refractivity contribution is 5.93. The zero-order valence-corrected chi connectivity index (χ0v) is 13.3. The minimum absolute atomic E-state index is 0. The van der Waals surface area contributed by atoms with Crippen LogP contribution in [0.15, 0.2) is 18.2 Å². The molecule has 0 saturated carbocycles. The van der Waals surface area contributed by atoms with Gasteiger partial charge in [0, 0.05) is 18.7 Å². The number of aliphatic carboxylic acids is 1. The maximum absolute atomic E-state index is 12.0. The number of anilines is 1. The lowest BCUT2D eigenvalue weighted by atomic mass is 10.1. The maximum atomic E-state index is 12.0. The Morgan fingerprint density at radius 3 is 2.74 bits per heavy atom. The highest BCUT2D eigenvalue weighted by atomic mass is 35.5. The van der Waals surface area contributed by atoms with Crippen molar-refractivity contribution in [1.82, 2.24) is 4.90 Å². The number of hydrogen-bond donors (Lipinski definition) is 2. The standard InChI is InChI=1S/C14H17N3O5.ClH/c1-9-2-3-11(17(21)22)6-12(9)15-13(18)8-16-5-4-10(7-16)14(19)20;/h2-3,6,10H,4-5,7-8H2,1H3,(H,15,18)(H,19,20);1H. The second kappa shape index (κ2) is 7.89. The molecular weight excluding hydrogens is 326 g/mol. The molecule has 1 unspecified atom stereocenters. The number of amides is 1. The monoisotopic (exact) mass is 343 g/mol. The van der Waals surface area contributed by atoms with Gasteiger partial charge in [-0.15, -0.1) is 12.4 Å². The van der Waals surface area contributed by atoms with Gasteiger partial charge < -0.3 is 10.4 Å². The summed E-state index contributed by atoms with van der Waals surface area (Å²) in [6.07, 6.45) is 0.526. The molecule has 1 heterocycles. The van der Waals surface area contributed by atoms with Crippen LogP contribution in [-0.4, -0.2) is 46.4 Å². The average Bonchev–Trinajstić information content (AvgIpc) is 2.89. The van der Waals surface area contributed by atoms with Crippen LogP contribution in [0, 0.1) is 23.0 Å². The molecule has 1 fully saturated rings. The molecule has 1 amide bonds. The molecule has 0 aliphatic carbocycles. The van der Waals surface area contributed by atoms with Gasteiger partial charge in [-0.2, -0.15) is 0 Å². The number of nitro groups is 1. The second-order valence-corrected chi connectivity index (χ2v) is 5.36. The van der Waals surface area contributed by atoms with Gasteiger partial charge in [0.15, 0.2) is 0 Å². The van der Waals surface area contributed by atoms with E-state index >= 15 is 0 Å². The van der Waals surface area contributed by atoms with E-state index in [1.165, 1.54) is 12.1 Å². The Bertz CT molecular complexity index is 622. The number of carboxylic acid groups (broad SMARTS) is 1. The smallest absolute Gasteiger partial charge is 0.307 e. The normalized spacial score (nSPS) is 17.3. The van der Waals surface area contributed by atoms with Gasteiger partial charge in [0.1, 0.15) is 0 Å². The molecule has 0 radical (unpaired) electrons. The van der Waals surface area contributed by atoms with Crippen LogP contribution in [-0.2, 0) is 9.59 Å². The minimum atomic E-state index is -0.850. The van der Waals surface area contributed by atoms with E-state index in [0.717, 1.165) is 5.56 Å². The number of carbonyl (C=O) groups is 2. The Kier molecular flexibility index (Phi) is 6.47. The molecular formula is C14H18ClN3O5. The molecule has 23 heavy (non-hydrogen) atoms. The van der Waals surface area contributed by atoms with Crippen LogP contribution in [0.3, 0.4) is 0 Å². The molecule has 1 aliphatic heterocycles. The van der Waals surface area contributed by atoms with Crippen LogP contribution < -0.4 is 5.32 Å². The average molecular weight is 344 g/mol. The zero-order valence-electron chi connectivity index (χ0n) is 12.5. The Balaban J connectivity index is 0.00000264. The first-order valence-corrected chi connectivity index (χ1v) is 6.87. The minimum Gasteiger partial charge on any atom is -0.481 e. The fourth-order valence-electron chi connectivity index (χ4n) is 2.43. The molecule has 1 aliphatic rings. The van der Waals surface area contributed by atoms with Gasteiger partial charge >= 0.3 is 5.97 Å². The number of carbonyl (C=O) groups excluding carboxylic acids is 1. The molecule has 0 bridgehead atoms. The van der Waals surface area contributed by atoms with Gasteiger partial charge in [-0.1, -0.05) is 6.07 Å². The highest BCUT2D eigenvalue weighted by Gasteiger charge is 2.29. The lowest BCUT2D eigenvalue weighted by molar-refractivity contribution is -0.384. The van der Waals surface area contributed by atoms with E-state index in [4.69, 9.17) is 5.11 Å². The number of halogens is 1. The van der Waals surface area contributed by atoms with E-state index in [-0.39, 0.29) is 30.5 Å². The van der Waals surface area contributed by atoms with Gasteiger partial charge in [0.2, 0.25) is 5.91 Å². The SMILES string of the molecule is Cc1ccc([N+](=O)[O-])cc1NC(=O)CN1CCC(C(=O)O)C1.Cl. The van der Waals surface area contributed by atoms with Crippen LogP contribution in [0.5, 0.6) is 0 Å². The molecule has 1 saturated heterocycles. The van der Waals surface area contributed by atoms with E-state index in [9.17, 15) is 19.7 Å². The van der Waals surface area contributed by atoms with Crippen LogP contribution in [0.4, 0.5) is 11.4 Å². The first-order valence-electron chi connectivity index (χ1n) is 6.87. The van der Waals surface area contributed by atoms with Gasteiger partial charge in [-0.25, -0.2) is 0 Å². The molecule has 1 aromatic carbocycles. The summed E-state index contributed by atoms with van der Waals surface area (Å²) >= 11 is 0. The second-order valence-electron chi connectivity index (χ2n) is 5.36. The first-order chi connectivity index (χ1) is 10.4. The molecule has 126 valence electrons. The summed E-state index contributed by atoms with van der Waals surface area (Å²) in [4.78, 5) is 34.9. The fraction of sp³-hybridized carbons (Fsp3) is 0.429. The van der Waals surface area contributed by atoms with Crippen molar-refractivity contribution in [2.24, 2.45) is 5.92 Å². The zero-order chi connectivity index (χ0) is 16.3. The van der Waals surface area contributed by atoms with Crippen molar-refractivity contribution >= 4 is 35.7 Å². The first kappa shape index (κ1) is 18.9. The van der Waals surface area contributed by atoms with Crippen LogP contribution >= 0.6 is 12.4 Å². The van der Waals surface area contributed by atoms with Gasteiger partial charge in [-0.05, 0) is 25.5 Å². The van der Waals surface area contributed by atoms with Crippen molar-refractivity contribution in [3.05, 3.63) is 33.9 Å². The number of nitrogens with one attached hydrogen (secondary N) is 1. The Morgan fingerprint density at radius 2 is 2.17 bits per heavy atom. The molecule has 8 nitrogen and oxygen atoms in total. The topological polar surface area (TPSA) is 113 Å². The number of rotatable bonds is 5. The van der Waals surface area contributed by atoms with Crippen molar-refractivity contribution in [2.45, 2.75) is 13.3 Å². The summed E-state index contributed by atoms with van der Waals surface area (Å²) in [6.45, 7) is 2.72. The lowest BCUT2D eigenvalue weighted by Gasteiger charge is -2.15. The van der Waals surface area contributed by atoms with Gasteiger partial charge in [-0.3, -0.25) is 24.6 Å². The molecule has 9 heteroatoms. The Morgan fingerprint density at radius 1 is 1.48 bits per heavy atom. The number of nitro benzene ring substituents is 1. The Labute approximate surface area is 139 Å². The van der Waals surface area contributed by atoms with E-state index in [1.54, 1.807) is 17.9 Å². The summed E-state index contributed by atoms with van der Waals surface area (Å²) in [6, 6.07) is 4.27. The quantitative estimate of drug-likeness (QED) is 0.621. The molecule has 0 spiro atoms. The Hall–Kier alpha value is -2.19. The van der Waals surface area contributed by atoms with Crippen molar-refractivity contribution < 1.29 is 19.6 Å². The fourth-order valence-corrected chi connectivity index (χ4v) is 2.43. The van der Waals surface area contributed by atoms with Crippen molar-refractivity contribution in [3.8, 4) is 0 Å². The molecule has 0 aromatic heterocycles. The summed E-state index contributed by atoms with van der Waals surface area (Å²) in [5, 5.41) is 22.3. The van der Waals surface area contributed by atoms with Crippen molar-refractivity contribution in [3.63, 3.8) is 0 Å². The summed E-state index contributed by atoms with van der Waals surface area (Å²) in [7, 11) is 0. The van der Waals surface area contributed by atoms with Crippen molar-refractivity contribution in [2.75, 3.05) is 25.0 Å². The molecule has 2 rings (SSSR count). The number of aryl methyl sites for hydroxylation is 1. The molecule has 2 N–H and O–H groups in total. The summed E-state index contributed by atoms with van der Waals surface area (Å²) in [5.41, 5.74) is 1.03. The molecule has 1 aromatic rings. The lowest BCUT2D eigenvalue weighted by Crippen LogP contribution is -2.32. The van der Waals surface area contributed by atoms with Crippen LogP contribution in [0.25, 0.3) is 0 Å². The summed E-state index contributed by atoms with van der Waals surface area (Å²) < 4.78 is 0. The van der Waals surface area contributed by atoms with E-state index in [1.807, 2.05) is 0 Å². The van der Waals surface area contributed by atoms with Crippen LogP contribution in [0.2, 0.25) is 0 Å². The van der Waals surface area contributed by atoms with Crippen LogP contribution in [0.1, 0.15) is 12.0 Å². The van der Waals surface area contributed by atoms with Crippen molar-refractivity contribution in [1.29, 1.82) is 0 Å². The number of hydrogen-bond acceptors (Lipinski definition) is 5. The largest absolute Gasteiger partial charge is 0.481 e. The third kappa shape index (κ3) is 4.90. The third-order valence-electron chi connectivity index (χ3n) is 3.69. The van der Waals surface area contributed by atoms with Gasteiger partial charge in [0.05, 0.1) is 23.1 Å². The predicted molar refractivity (Wildman–Crippen MR) is 85.9 cm³/mol. The third-order valence-corrected chi connectivity index (χ3v) is 3.69. The summed E-state index contributed by atoms with van der Waals surface area (Å²) in [5.74, 6) is -1.60. The predicted octanol–water partition coefficient (Wildman–Crippen LogP) is 1.67. The van der Waals surface area contributed by atoms with E-state index in [2.05, 4.69) is 5.32 Å².